The first kappa shape index (κ1) is 21.3. The highest BCUT2D eigenvalue weighted by Crippen LogP contribution is 2.55. The van der Waals surface area contributed by atoms with E-state index in [-0.39, 0.29) is 5.41 Å². The Balaban J connectivity index is 1.44. The molecule has 0 atom stereocenters. The van der Waals surface area contributed by atoms with E-state index >= 15 is 0 Å². The minimum atomic E-state index is -0.0860. The van der Waals surface area contributed by atoms with Crippen LogP contribution in [-0.4, -0.2) is 0 Å². The molecule has 0 fully saturated rings. The highest BCUT2D eigenvalue weighted by molar-refractivity contribution is 6.26. The van der Waals surface area contributed by atoms with Crippen molar-refractivity contribution in [2.24, 2.45) is 0 Å². The second-order valence-corrected chi connectivity index (χ2v) is 11.7. The molecule has 0 nitrogen and oxygen atoms in total. The van der Waals surface area contributed by atoms with E-state index in [2.05, 4.69) is 135 Å². The molecular weight excluding hydrogens is 468 g/mol. The van der Waals surface area contributed by atoms with Crippen LogP contribution in [0.3, 0.4) is 0 Å². The lowest BCUT2D eigenvalue weighted by Crippen LogP contribution is -2.15. The summed E-state index contributed by atoms with van der Waals surface area (Å²) in [6.45, 7) is 4.80. The Morgan fingerprint density at radius 2 is 0.974 bits per heavy atom. The van der Waals surface area contributed by atoms with E-state index in [9.17, 15) is 0 Å². The van der Waals surface area contributed by atoms with Gasteiger partial charge in [0.25, 0.3) is 0 Å². The van der Waals surface area contributed by atoms with Gasteiger partial charge in [-0.05, 0) is 93.3 Å². The molecule has 0 aliphatic heterocycles. The van der Waals surface area contributed by atoms with Gasteiger partial charge >= 0.3 is 0 Å². The quantitative estimate of drug-likeness (QED) is 0.199. The molecule has 0 N–H and O–H groups in total. The van der Waals surface area contributed by atoms with Gasteiger partial charge in [-0.2, -0.15) is 0 Å². The van der Waals surface area contributed by atoms with Crippen LogP contribution in [0.5, 0.6) is 0 Å². The van der Waals surface area contributed by atoms with E-state index in [0.29, 0.717) is 0 Å². The summed E-state index contributed by atoms with van der Waals surface area (Å²) in [4.78, 5) is 0. The summed E-state index contributed by atoms with van der Waals surface area (Å²) in [7, 11) is 0. The molecule has 0 bridgehead atoms. The zero-order chi connectivity index (χ0) is 25.9. The third kappa shape index (κ3) is 2.64. The van der Waals surface area contributed by atoms with Crippen LogP contribution in [0.15, 0.2) is 121 Å². The molecule has 0 spiro atoms. The molecule has 0 saturated carbocycles. The maximum Gasteiger partial charge on any atom is 0.0159 e. The zero-order valence-corrected chi connectivity index (χ0v) is 22.0. The SMILES string of the molecule is CC1(C)c2ccc3ccccc3c2-c2c1cc(-c1ccc3ccc4cccc5ccc1c3c45)c1ccccc21. The molecule has 1 aliphatic rings. The normalized spacial score (nSPS) is 14.1. The third-order valence-electron chi connectivity index (χ3n) is 9.39. The molecule has 0 unspecified atom stereocenters. The maximum absolute atomic E-state index is 2.51. The Kier molecular flexibility index (Phi) is 3.95. The van der Waals surface area contributed by atoms with Gasteiger partial charge in [0, 0.05) is 5.41 Å². The van der Waals surface area contributed by atoms with Gasteiger partial charge in [0.15, 0.2) is 0 Å². The molecule has 0 heteroatoms. The van der Waals surface area contributed by atoms with E-state index < -0.39 is 0 Å². The van der Waals surface area contributed by atoms with Crippen LogP contribution in [0.4, 0.5) is 0 Å². The van der Waals surface area contributed by atoms with E-state index in [1.54, 1.807) is 0 Å². The Labute approximate surface area is 227 Å². The predicted molar refractivity (Wildman–Crippen MR) is 168 cm³/mol. The molecule has 39 heavy (non-hydrogen) atoms. The van der Waals surface area contributed by atoms with Gasteiger partial charge in [-0.3, -0.25) is 0 Å². The highest BCUT2D eigenvalue weighted by Gasteiger charge is 2.38. The van der Waals surface area contributed by atoms with Crippen molar-refractivity contribution in [3.8, 4) is 22.3 Å². The summed E-state index contributed by atoms with van der Waals surface area (Å²) < 4.78 is 0. The van der Waals surface area contributed by atoms with Gasteiger partial charge in [-0.15, -0.1) is 0 Å². The molecule has 1 aliphatic carbocycles. The summed E-state index contributed by atoms with van der Waals surface area (Å²) in [5, 5.41) is 13.3. The average Bonchev–Trinajstić information content (AvgIpc) is 3.22. The first-order valence-electron chi connectivity index (χ1n) is 13.9. The van der Waals surface area contributed by atoms with E-state index in [1.165, 1.54) is 87.2 Å². The summed E-state index contributed by atoms with van der Waals surface area (Å²) in [5.74, 6) is 0. The highest BCUT2D eigenvalue weighted by atomic mass is 14.4. The van der Waals surface area contributed by atoms with Gasteiger partial charge in [0.1, 0.15) is 0 Å². The standard InChI is InChI=1S/C39H26/c1-39(2)33-21-18-23-8-3-4-11-27(23)37(33)38-30-13-6-5-12-28(30)32(22-34(38)39)29-19-16-26-15-14-24-9-7-10-25-17-20-31(29)36(26)35(24)25/h3-22H,1-2H3. The summed E-state index contributed by atoms with van der Waals surface area (Å²) >= 11 is 0. The summed E-state index contributed by atoms with van der Waals surface area (Å²) in [5.41, 5.74) is 8.22. The fraction of sp³-hybridized carbons (Fsp3) is 0.0769. The van der Waals surface area contributed by atoms with Gasteiger partial charge in [-0.1, -0.05) is 129 Å². The lowest BCUT2D eigenvalue weighted by atomic mass is 9.79. The van der Waals surface area contributed by atoms with Crippen molar-refractivity contribution in [1.29, 1.82) is 0 Å². The van der Waals surface area contributed by atoms with Crippen LogP contribution in [0.25, 0.3) is 76.1 Å². The van der Waals surface area contributed by atoms with Gasteiger partial charge in [0.05, 0.1) is 0 Å². The van der Waals surface area contributed by atoms with Gasteiger partial charge in [0.2, 0.25) is 0 Å². The molecule has 0 saturated heterocycles. The maximum atomic E-state index is 2.51. The Morgan fingerprint density at radius 1 is 0.385 bits per heavy atom. The molecule has 0 aromatic heterocycles. The molecular formula is C39H26. The van der Waals surface area contributed by atoms with Crippen molar-refractivity contribution in [3.63, 3.8) is 0 Å². The van der Waals surface area contributed by atoms with Crippen LogP contribution in [-0.2, 0) is 5.41 Å². The molecule has 0 amide bonds. The Hall–Kier alpha value is -4.68. The second kappa shape index (κ2) is 7.24. The number of hydrogen-bond donors (Lipinski definition) is 0. The van der Waals surface area contributed by atoms with E-state index in [1.807, 2.05) is 0 Å². The van der Waals surface area contributed by atoms with Crippen molar-refractivity contribution in [1.82, 2.24) is 0 Å². The molecule has 9 rings (SSSR count). The molecule has 8 aromatic rings. The first-order chi connectivity index (χ1) is 19.1. The molecule has 8 aromatic carbocycles. The minimum Gasteiger partial charge on any atom is -0.0616 e. The smallest absolute Gasteiger partial charge is 0.0159 e. The lowest BCUT2D eigenvalue weighted by Gasteiger charge is -2.23. The number of fused-ring (bicyclic) bond motifs is 7. The van der Waals surface area contributed by atoms with Crippen molar-refractivity contribution in [3.05, 3.63) is 132 Å². The van der Waals surface area contributed by atoms with Gasteiger partial charge < -0.3 is 0 Å². The average molecular weight is 495 g/mol. The largest absolute Gasteiger partial charge is 0.0616 e. The fourth-order valence-corrected chi connectivity index (χ4v) is 7.54. The van der Waals surface area contributed by atoms with Crippen molar-refractivity contribution >= 4 is 53.9 Å². The Bertz CT molecular complexity index is 2280. The molecule has 0 radical (unpaired) electrons. The van der Waals surface area contributed by atoms with E-state index in [0.717, 1.165) is 0 Å². The van der Waals surface area contributed by atoms with Crippen LogP contribution < -0.4 is 0 Å². The fourth-order valence-electron chi connectivity index (χ4n) is 7.54. The van der Waals surface area contributed by atoms with Crippen molar-refractivity contribution in [2.45, 2.75) is 19.3 Å². The lowest BCUT2D eigenvalue weighted by molar-refractivity contribution is 0.661. The van der Waals surface area contributed by atoms with E-state index in [4.69, 9.17) is 0 Å². The summed E-state index contributed by atoms with van der Waals surface area (Å²) in [6.07, 6.45) is 0. The summed E-state index contributed by atoms with van der Waals surface area (Å²) in [6, 6.07) is 45.6. The number of benzene rings is 8. The zero-order valence-electron chi connectivity index (χ0n) is 22.0. The molecule has 182 valence electrons. The predicted octanol–water partition coefficient (Wildman–Crippen LogP) is 10.9. The minimum absolute atomic E-state index is 0.0860. The first-order valence-corrected chi connectivity index (χ1v) is 13.9. The number of hydrogen-bond acceptors (Lipinski definition) is 0. The second-order valence-electron chi connectivity index (χ2n) is 11.7. The van der Waals surface area contributed by atoms with Crippen molar-refractivity contribution in [2.75, 3.05) is 0 Å². The van der Waals surface area contributed by atoms with Crippen LogP contribution in [0, 0.1) is 0 Å². The van der Waals surface area contributed by atoms with Crippen LogP contribution in [0.2, 0.25) is 0 Å². The van der Waals surface area contributed by atoms with Crippen LogP contribution in [0.1, 0.15) is 25.0 Å². The topological polar surface area (TPSA) is 0 Å². The van der Waals surface area contributed by atoms with Gasteiger partial charge in [-0.25, -0.2) is 0 Å². The number of rotatable bonds is 1. The Morgan fingerprint density at radius 3 is 1.79 bits per heavy atom. The third-order valence-corrected chi connectivity index (χ3v) is 9.39. The van der Waals surface area contributed by atoms with Crippen LogP contribution >= 0.6 is 0 Å². The molecule has 0 heterocycles. The monoisotopic (exact) mass is 494 g/mol. The van der Waals surface area contributed by atoms with Crippen molar-refractivity contribution < 1.29 is 0 Å².